The summed E-state index contributed by atoms with van der Waals surface area (Å²) in [5.41, 5.74) is -0.00761. The average molecular weight is 493 g/mol. The minimum Gasteiger partial charge on any atom is -0.481 e. The van der Waals surface area contributed by atoms with Crippen LogP contribution in [0.25, 0.3) is 11.2 Å². The summed E-state index contributed by atoms with van der Waals surface area (Å²) in [6.45, 7) is 1.07. The molecule has 1 unspecified atom stereocenters. The number of nitrogens with zero attached hydrogens (tertiary/aromatic N) is 6. The number of rotatable bonds is 5. The Morgan fingerprint density at radius 3 is 2.57 bits per heavy atom. The number of nitrogens with one attached hydrogen (secondary N) is 1. The molecule has 0 spiro atoms. The molecular formula is C21H22F3N7O4. The fourth-order valence-electron chi connectivity index (χ4n) is 4.75. The summed E-state index contributed by atoms with van der Waals surface area (Å²) in [6, 6.07) is 1.55. The van der Waals surface area contributed by atoms with Gasteiger partial charge in [-0.15, -0.1) is 0 Å². The average Bonchev–Trinajstić information content (AvgIpc) is 3.52. The van der Waals surface area contributed by atoms with Crippen LogP contribution in [0.2, 0.25) is 0 Å². The molecule has 0 aromatic carbocycles. The van der Waals surface area contributed by atoms with Gasteiger partial charge in [-0.25, -0.2) is 19.9 Å². The van der Waals surface area contributed by atoms with E-state index in [1.807, 2.05) is 4.90 Å². The molecule has 5 atom stereocenters. The molecule has 3 aromatic heterocycles. The smallest absolute Gasteiger partial charge is 0.417 e. The number of aliphatic hydroxyl groups is 2. The van der Waals surface area contributed by atoms with Crippen LogP contribution in [0, 0.1) is 5.92 Å². The number of aliphatic carboxylic acids is 1. The van der Waals surface area contributed by atoms with E-state index in [4.69, 9.17) is 0 Å². The third-order valence-corrected chi connectivity index (χ3v) is 6.61. The summed E-state index contributed by atoms with van der Waals surface area (Å²) < 4.78 is 39.9. The normalized spacial score (nSPS) is 27.0. The molecule has 2 aliphatic rings. The summed E-state index contributed by atoms with van der Waals surface area (Å²) in [4.78, 5) is 30.0. The molecular weight excluding hydrogens is 471 g/mol. The molecule has 186 valence electrons. The number of hydrogen-bond acceptors (Lipinski definition) is 9. The van der Waals surface area contributed by atoms with Crippen LogP contribution in [0.1, 0.15) is 24.4 Å². The molecule has 3 aromatic rings. The molecule has 0 bridgehead atoms. The quantitative estimate of drug-likeness (QED) is 0.410. The maximum atomic E-state index is 12.8. The lowest BCUT2D eigenvalue weighted by molar-refractivity contribution is -0.146. The number of anilines is 2. The number of pyridine rings is 1. The number of carboxylic acid groups (broad SMARTS) is 1. The molecule has 2 fully saturated rings. The van der Waals surface area contributed by atoms with E-state index in [0.717, 1.165) is 12.3 Å². The van der Waals surface area contributed by atoms with Gasteiger partial charge >= 0.3 is 12.1 Å². The molecule has 11 nitrogen and oxygen atoms in total. The van der Waals surface area contributed by atoms with Crippen molar-refractivity contribution in [2.24, 2.45) is 5.92 Å². The Hall–Kier alpha value is -3.52. The van der Waals surface area contributed by atoms with Crippen LogP contribution in [0.5, 0.6) is 0 Å². The molecule has 5 rings (SSSR count). The van der Waals surface area contributed by atoms with Crippen LogP contribution in [-0.2, 0) is 11.0 Å². The summed E-state index contributed by atoms with van der Waals surface area (Å²) in [6.07, 6.45) is -2.86. The van der Waals surface area contributed by atoms with Crippen LogP contribution < -0.4 is 10.2 Å². The van der Waals surface area contributed by atoms with Gasteiger partial charge in [-0.2, -0.15) is 13.2 Å². The zero-order valence-corrected chi connectivity index (χ0v) is 18.2. The predicted octanol–water partition coefficient (Wildman–Crippen LogP) is 1.30. The second-order valence-electron chi connectivity index (χ2n) is 8.75. The molecule has 1 saturated heterocycles. The first-order chi connectivity index (χ1) is 16.6. The summed E-state index contributed by atoms with van der Waals surface area (Å²) in [7, 11) is 0. The van der Waals surface area contributed by atoms with E-state index in [9.17, 15) is 33.3 Å². The van der Waals surface area contributed by atoms with Gasteiger partial charge < -0.3 is 30.1 Å². The number of imidazole rings is 1. The van der Waals surface area contributed by atoms with Crippen molar-refractivity contribution in [3.05, 3.63) is 36.5 Å². The fraction of sp³-hybridized carbons (Fsp3) is 0.476. The number of halogens is 3. The highest BCUT2D eigenvalue weighted by molar-refractivity contribution is 5.83. The zero-order chi connectivity index (χ0) is 24.9. The number of carboxylic acids is 1. The predicted molar refractivity (Wildman–Crippen MR) is 116 cm³/mol. The lowest BCUT2D eigenvalue weighted by Gasteiger charge is -2.19. The molecule has 1 saturated carbocycles. The molecule has 0 radical (unpaired) electrons. The second kappa shape index (κ2) is 8.61. The first-order valence-electron chi connectivity index (χ1n) is 10.9. The Kier molecular flexibility index (Phi) is 5.71. The van der Waals surface area contributed by atoms with Crippen molar-refractivity contribution < 1.29 is 33.3 Å². The Labute approximate surface area is 196 Å². The lowest BCUT2D eigenvalue weighted by Crippen LogP contribution is -2.32. The second-order valence-corrected chi connectivity index (χ2v) is 8.75. The van der Waals surface area contributed by atoms with Crippen LogP contribution in [0.4, 0.5) is 24.8 Å². The third-order valence-electron chi connectivity index (χ3n) is 6.61. The molecule has 14 heteroatoms. The van der Waals surface area contributed by atoms with Gasteiger partial charge in [0.25, 0.3) is 0 Å². The van der Waals surface area contributed by atoms with Crippen molar-refractivity contribution >= 4 is 28.8 Å². The number of hydrogen-bond donors (Lipinski definition) is 4. The fourth-order valence-corrected chi connectivity index (χ4v) is 4.75. The highest BCUT2D eigenvalue weighted by Gasteiger charge is 2.46. The number of alkyl halides is 3. The van der Waals surface area contributed by atoms with Crippen LogP contribution in [-0.4, -0.2) is 77.1 Å². The molecule has 4 N–H and O–H groups in total. The number of fused-ring (bicyclic) bond motifs is 1. The van der Waals surface area contributed by atoms with Gasteiger partial charge in [0.15, 0.2) is 11.5 Å². The largest absolute Gasteiger partial charge is 0.481 e. The minimum absolute atomic E-state index is 0.0214. The monoisotopic (exact) mass is 493 g/mol. The van der Waals surface area contributed by atoms with Crippen molar-refractivity contribution in [1.29, 1.82) is 0 Å². The highest BCUT2D eigenvalue weighted by atomic mass is 19.4. The molecule has 0 amide bonds. The van der Waals surface area contributed by atoms with Gasteiger partial charge in [-0.3, -0.25) is 4.79 Å². The Morgan fingerprint density at radius 2 is 1.91 bits per heavy atom. The Morgan fingerprint density at radius 1 is 1.11 bits per heavy atom. The van der Waals surface area contributed by atoms with E-state index in [1.54, 1.807) is 4.57 Å². The van der Waals surface area contributed by atoms with E-state index in [0.29, 0.717) is 42.3 Å². The Balaban J connectivity index is 1.31. The third kappa shape index (κ3) is 4.23. The molecule has 1 aliphatic heterocycles. The lowest BCUT2D eigenvalue weighted by atomic mass is 10.1. The van der Waals surface area contributed by atoms with E-state index < -0.39 is 41.9 Å². The summed E-state index contributed by atoms with van der Waals surface area (Å²) >= 11 is 0. The van der Waals surface area contributed by atoms with Gasteiger partial charge in [0, 0.05) is 25.3 Å². The van der Waals surface area contributed by atoms with E-state index in [1.165, 1.54) is 18.7 Å². The number of aromatic nitrogens is 5. The number of aliphatic hydroxyl groups excluding tert-OH is 2. The maximum Gasteiger partial charge on any atom is 0.417 e. The summed E-state index contributed by atoms with van der Waals surface area (Å²) in [5, 5.41) is 33.1. The van der Waals surface area contributed by atoms with Gasteiger partial charge in [0.2, 0.25) is 0 Å². The van der Waals surface area contributed by atoms with E-state index in [2.05, 4.69) is 25.3 Å². The van der Waals surface area contributed by atoms with E-state index in [-0.39, 0.29) is 12.5 Å². The van der Waals surface area contributed by atoms with Gasteiger partial charge in [0.1, 0.15) is 23.8 Å². The first kappa shape index (κ1) is 23.2. The molecule has 1 aliphatic carbocycles. The van der Waals surface area contributed by atoms with Crippen LogP contribution >= 0.6 is 0 Å². The summed E-state index contributed by atoms with van der Waals surface area (Å²) in [5.74, 6) is -1.41. The standard InChI is InChI=1S/C21H22F3N7O4/c22-21(23,24)10-1-2-14(25-6-10)30-4-3-11(7-30)29-18-15-19(27-8-26-18)31(9-28-15)13-5-12(20(34)35)16(32)17(13)33/h1-2,6,8-9,11-13,16-17,32-33H,3-5,7H2,(H,34,35)(H,26,27,29)/t11?,12-,13+,16+,17-/m0/s1. The topological polar surface area (TPSA) is 150 Å². The molecule has 35 heavy (non-hydrogen) atoms. The maximum absolute atomic E-state index is 12.8. The van der Waals surface area contributed by atoms with Crippen molar-refractivity contribution in [3.8, 4) is 0 Å². The highest BCUT2D eigenvalue weighted by Crippen LogP contribution is 2.37. The SMILES string of the molecule is O=C(O)[C@H]1C[C@@H](n2cnc3c(NC4CCN(c5ccc(C(F)(F)F)cn5)C4)ncnc32)[C@H](O)[C@@H]1O. The number of carbonyl (C=O) groups is 1. The van der Waals surface area contributed by atoms with Crippen molar-refractivity contribution in [1.82, 2.24) is 24.5 Å². The van der Waals surface area contributed by atoms with Gasteiger partial charge in [-0.1, -0.05) is 0 Å². The van der Waals surface area contributed by atoms with E-state index >= 15 is 0 Å². The van der Waals surface area contributed by atoms with Gasteiger partial charge in [0.05, 0.1) is 30.0 Å². The van der Waals surface area contributed by atoms with Crippen molar-refractivity contribution in [2.75, 3.05) is 23.3 Å². The minimum atomic E-state index is -4.44. The Bertz CT molecular complexity index is 1240. The van der Waals surface area contributed by atoms with Crippen LogP contribution in [0.15, 0.2) is 31.0 Å². The first-order valence-corrected chi connectivity index (χ1v) is 10.9. The van der Waals surface area contributed by atoms with Crippen LogP contribution in [0.3, 0.4) is 0 Å². The zero-order valence-electron chi connectivity index (χ0n) is 18.2. The van der Waals surface area contributed by atoms with Crippen molar-refractivity contribution in [2.45, 2.75) is 43.3 Å². The molecule has 4 heterocycles. The van der Waals surface area contributed by atoms with Crippen molar-refractivity contribution in [3.63, 3.8) is 0 Å². The van der Waals surface area contributed by atoms with Gasteiger partial charge in [-0.05, 0) is 25.0 Å².